The summed E-state index contributed by atoms with van der Waals surface area (Å²) < 4.78 is 1.25. The van der Waals surface area contributed by atoms with Crippen molar-refractivity contribution >= 4 is 5.91 Å². The van der Waals surface area contributed by atoms with Gasteiger partial charge in [0.1, 0.15) is 6.54 Å². The molecule has 1 aromatic heterocycles. The molecule has 0 spiro atoms. The fraction of sp³-hybridized carbons (Fsp3) is 0.667. The molecule has 0 bridgehead atoms. The summed E-state index contributed by atoms with van der Waals surface area (Å²) in [4.78, 5) is 41.6. The van der Waals surface area contributed by atoms with Crippen LogP contribution in [0.3, 0.4) is 0 Å². The lowest BCUT2D eigenvalue weighted by Crippen LogP contribution is -2.50. The Kier molecular flexibility index (Phi) is 4.42. The van der Waals surface area contributed by atoms with Crippen molar-refractivity contribution in [2.24, 2.45) is 0 Å². The maximum Gasteiger partial charge on any atom is 0.328 e. The van der Waals surface area contributed by atoms with Crippen LogP contribution in [-0.4, -0.2) is 57.5 Å². The van der Waals surface area contributed by atoms with Crippen molar-refractivity contribution < 1.29 is 4.79 Å². The van der Waals surface area contributed by atoms with Crippen LogP contribution in [0.5, 0.6) is 0 Å². The summed E-state index contributed by atoms with van der Waals surface area (Å²) in [6.07, 6.45) is 6.02. The van der Waals surface area contributed by atoms with Crippen LogP contribution >= 0.6 is 0 Å². The van der Waals surface area contributed by atoms with E-state index in [4.69, 9.17) is 0 Å². The Hall–Kier alpha value is -1.89. The minimum absolute atomic E-state index is 0.0116. The first-order valence-electron chi connectivity index (χ1n) is 7.95. The Morgan fingerprint density at radius 1 is 1.18 bits per heavy atom. The van der Waals surface area contributed by atoms with Gasteiger partial charge in [-0.1, -0.05) is 0 Å². The fourth-order valence-corrected chi connectivity index (χ4v) is 3.40. The fourth-order valence-electron chi connectivity index (χ4n) is 3.40. The van der Waals surface area contributed by atoms with Gasteiger partial charge in [-0.25, -0.2) is 4.79 Å². The molecule has 0 aliphatic carbocycles. The van der Waals surface area contributed by atoms with Gasteiger partial charge in [0.05, 0.1) is 0 Å². The second-order valence-electron chi connectivity index (χ2n) is 6.12. The first-order chi connectivity index (χ1) is 10.6. The summed E-state index contributed by atoms with van der Waals surface area (Å²) >= 11 is 0. The van der Waals surface area contributed by atoms with E-state index in [2.05, 4.69) is 9.88 Å². The van der Waals surface area contributed by atoms with Crippen molar-refractivity contribution in [3.63, 3.8) is 0 Å². The van der Waals surface area contributed by atoms with E-state index in [0.29, 0.717) is 6.04 Å². The Bertz CT molecular complexity index is 645. The molecule has 0 radical (unpaired) electrons. The van der Waals surface area contributed by atoms with E-state index in [0.717, 1.165) is 39.0 Å². The molecule has 7 nitrogen and oxygen atoms in total. The number of carbonyl (C=O) groups is 1. The number of carbonyl (C=O) groups excluding carboxylic acids is 1. The number of hydrogen-bond donors (Lipinski definition) is 1. The third-order valence-corrected chi connectivity index (χ3v) is 4.61. The summed E-state index contributed by atoms with van der Waals surface area (Å²) in [5.74, 6) is -0.0574. The smallest absolute Gasteiger partial charge is 0.328 e. The molecular weight excluding hydrogens is 284 g/mol. The van der Waals surface area contributed by atoms with Crippen molar-refractivity contribution in [3.05, 3.63) is 33.1 Å². The topological polar surface area (TPSA) is 78.4 Å². The van der Waals surface area contributed by atoms with Gasteiger partial charge in [-0.3, -0.25) is 24.0 Å². The normalized spacial score (nSPS) is 22.9. The summed E-state index contributed by atoms with van der Waals surface area (Å²) in [6, 6.07) is 1.71. The monoisotopic (exact) mass is 306 g/mol. The van der Waals surface area contributed by atoms with Crippen LogP contribution in [0.4, 0.5) is 0 Å². The standard InChI is InChI=1S/C15H22N4O3/c20-13-5-9-19(15(22)16-13)11-14(21)18-8-3-4-12(10-18)17-6-1-2-7-17/h5,9,12H,1-4,6-8,10-11H2,(H,16,20,22). The lowest BCUT2D eigenvalue weighted by atomic mass is 10.0. The lowest BCUT2D eigenvalue weighted by Gasteiger charge is -2.37. The molecule has 1 atom stereocenters. The van der Waals surface area contributed by atoms with Gasteiger partial charge in [0, 0.05) is 31.4 Å². The molecule has 0 saturated carbocycles. The second kappa shape index (κ2) is 6.48. The zero-order valence-electron chi connectivity index (χ0n) is 12.7. The van der Waals surface area contributed by atoms with E-state index in [-0.39, 0.29) is 12.5 Å². The van der Waals surface area contributed by atoms with E-state index in [9.17, 15) is 14.4 Å². The molecular formula is C15H22N4O3. The van der Waals surface area contributed by atoms with Crippen molar-refractivity contribution in [3.8, 4) is 0 Å². The van der Waals surface area contributed by atoms with E-state index in [1.165, 1.54) is 29.7 Å². The number of aromatic amines is 1. The molecule has 2 aliphatic rings. The first-order valence-corrected chi connectivity index (χ1v) is 7.95. The Balaban J connectivity index is 1.64. The number of hydrogen-bond acceptors (Lipinski definition) is 4. The summed E-state index contributed by atoms with van der Waals surface area (Å²) in [7, 11) is 0. The molecule has 1 amide bonds. The molecule has 3 heterocycles. The van der Waals surface area contributed by atoms with Gasteiger partial charge in [-0.2, -0.15) is 0 Å². The van der Waals surface area contributed by atoms with E-state index >= 15 is 0 Å². The maximum atomic E-state index is 12.4. The molecule has 1 N–H and O–H groups in total. The molecule has 22 heavy (non-hydrogen) atoms. The number of amides is 1. The minimum Gasteiger partial charge on any atom is -0.340 e. The number of H-pyrrole nitrogens is 1. The summed E-state index contributed by atoms with van der Waals surface area (Å²) in [5.41, 5.74) is -0.977. The number of piperidine rings is 1. The molecule has 1 unspecified atom stereocenters. The van der Waals surface area contributed by atoms with Crippen LogP contribution in [0.1, 0.15) is 25.7 Å². The summed E-state index contributed by atoms with van der Waals surface area (Å²) in [6.45, 7) is 3.75. The van der Waals surface area contributed by atoms with Crippen LogP contribution < -0.4 is 11.2 Å². The average Bonchev–Trinajstić information content (AvgIpc) is 3.04. The van der Waals surface area contributed by atoms with E-state index in [1.807, 2.05) is 4.90 Å². The zero-order valence-corrected chi connectivity index (χ0v) is 12.7. The average molecular weight is 306 g/mol. The highest BCUT2D eigenvalue weighted by Crippen LogP contribution is 2.20. The number of nitrogens with one attached hydrogen (secondary N) is 1. The Labute approximate surface area is 128 Å². The number of rotatable bonds is 3. The molecule has 120 valence electrons. The zero-order chi connectivity index (χ0) is 15.5. The molecule has 3 rings (SSSR count). The van der Waals surface area contributed by atoms with Gasteiger partial charge in [0.2, 0.25) is 5.91 Å². The quantitative estimate of drug-likeness (QED) is 0.826. The molecule has 2 saturated heterocycles. The van der Waals surface area contributed by atoms with Crippen LogP contribution in [0.2, 0.25) is 0 Å². The number of nitrogens with zero attached hydrogens (tertiary/aromatic N) is 3. The van der Waals surface area contributed by atoms with Crippen LogP contribution in [0, 0.1) is 0 Å². The van der Waals surface area contributed by atoms with Crippen molar-refractivity contribution in [2.75, 3.05) is 26.2 Å². The van der Waals surface area contributed by atoms with Gasteiger partial charge in [0.15, 0.2) is 0 Å². The van der Waals surface area contributed by atoms with Gasteiger partial charge >= 0.3 is 5.69 Å². The SMILES string of the molecule is O=C(Cn1ccc(=O)[nH]c1=O)N1CCCC(N2CCCC2)C1. The lowest BCUT2D eigenvalue weighted by molar-refractivity contribution is -0.134. The summed E-state index contributed by atoms with van der Waals surface area (Å²) in [5, 5.41) is 0. The highest BCUT2D eigenvalue weighted by atomic mass is 16.2. The first kappa shape index (κ1) is 15.0. The van der Waals surface area contributed by atoms with Gasteiger partial charge < -0.3 is 4.90 Å². The molecule has 7 heteroatoms. The Morgan fingerprint density at radius 3 is 2.68 bits per heavy atom. The van der Waals surface area contributed by atoms with Crippen LogP contribution in [0.15, 0.2) is 21.9 Å². The van der Waals surface area contributed by atoms with Gasteiger partial charge in [-0.05, 0) is 38.8 Å². The maximum absolute atomic E-state index is 12.4. The molecule has 2 fully saturated rings. The van der Waals surface area contributed by atoms with Crippen LogP contribution in [0.25, 0.3) is 0 Å². The van der Waals surface area contributed by atoms with Crippen molar-refractivity contribution in [2.45, 2.75) is 38.3 Å². The third kappa shape index (κ3) is 3.30. The third-order valence-electron chi connectivity index (χ3n) is 4.61. The van der Waals surface area contributed by atoms with Gasteiger partial charge in [-0.15, -0.1) is 0 Å². The Morgan fingerprint density at radius 2 is 1.95 bits per heavy atom. The number of aromatic nitrogens is 2. The van der Waals surface area contributed by atoms with Crippen molar-refractivity contribution in [1.82, 2.24) is 19.4 Å². The second-order valence-corrected chi connectivity index (χ2v) is 6.12. The number of likely N-dealkylation sites (tertiary alicyclic amines) is 2. The predicted octanol–water partition coefficient (Wildman–Crippen LogP) is -0.377. The minimum atomic E-state index is -0.533. The molecule has 0 aromatic carbocycles. The highest BCUT2D eigenvalue weighted by Gasteiger charge is 2.29. The van der Waals surface area contributed by atoms with Gasteiger partial charge in [0.25, 0.3) is 5.56 Å². The van der Waals surface area contributed by atoms with Crippen molar-refractivity contribution in [1.29, 1.82) is 0 Å². The van der Waals surface area contributed by atoms with E-state index in [1.54, 1.807) is 0 Å². The molecule has 1 aromatic rings. The highest BCUT2D eigenvalue weighted by molar-refractivity contribution is 5.76. The largest absolute Gasteiger partial charge is 0.340 e. The van der Waals surface area contributed by atoms with E-state index < -0.39 is 11.2 Å². The molecule has 2 aliphatic heterocycles. The van der Waals surface area contributed by atoms with Crippen LogP contribution in [-0.2, 0) is 11.3 Å². The predicted molar refractivity (Wildman–Crippen MR) is 81.7 cm³/mol.